The van der Waals surface area contributed by atoms with Gasteiger partial charge in [-0.05, 0) is 37.5 Å². The van der Waals surface area contributed by atoms with Crippen molar-refractivity contribution < 1.29 is 9.59 Å². The highest BCUT2D eigenvalue weighted by molar-refractivity contribution is 6.30. The Bertz CT molecular complexity index is 528. The number of carbonyl (C=O) groups excluding carboxylic acids is 2. The summed E-state index contributed by atoms with van der Waals surface area (Å²) in [7, 11) is 0. The molecule has 1 heterocycles. The van der Waals surface area contributed by atoms with Gasteiger partial charge in [-0.3, -0.25) is 4.79 Å². The van der Waals surface area contributed by atoms with E-state index in [0.717, 1.165) is 19.3 Å². The number of anilines is 1. The Morgan fingerprint density at radius 2 is 2.05 bits per heavy atom. The largest absolute Gasteiger partial charge is 0.353 e. The molecule has 5 nitrogen and oxygen atoms in total. The highest BCUT2D eigenvalue weighted by Gasteiger charge is 2.23. The molecule has 120 valence electrons. The average Bonchev–Trinajstić information content (AvgIpc) is 2.48. The molecule has 0 bridgehead atoms. The maximum absolute atomic E-state index is 12.2. The van der Waals surface area contributed by atoms with Gasteiger partial charge in [0.05, 0.1) is 0 Å². The zero-order valence-electron chi connectivity index (χ0n) is 12.8. The summed E-state index contributed by atoms with van der Waals surface area (Å²) in [6.45, 7) is 3.27. The van der Waals surface area contributed by atoms with Crippen LogP contribution in [0.4, 0.5) is 10.5 Å². The highest BCUT2D eigenvalue weighted by Crippen LogP contribution is 2.17. The first-order valence-electron chi connectivity index (χ1n) is 7.69. The minimum Gasteiger partial charge on any atom is -0.353 e. The van der Waals surface area contributed by atoms with Crippen LogP contribution in [0.2, 0.25) is 5.02 Å². The van der Waals surface area contributed by atoms with E-state index in [0.29, 0.717) is 30.2 Å². The maximum Gasteiger partial charge on any atom is 0.321 e. The fourth-order valence-corrected chi connectivity index (χ4v) is 2.71. The van der Waals surface area contributed by atoms with Crippen molar-refractivity contribution in [1.29, 1.82) is 0 Å². The Morgan fingerprint density at radius 3 is 2.68 bits per heavy atom. The van der Waals surface area contributed by atoms with Gasteiger partial charge in [0.2, 0.25) is 5.91 Å². The summed E-state index contributed by atoms with van der Waals surface area (Å²) in [4.78, 5) is 25.5. The van der Waals surface area contributed by atoms with Gasteiger partial charge in [-0.2, -0.15) is 0 Å². The topological polar surface area (TPSA) is 61.4 Å². The number of halogens is 1. The Balaban J connectivity index is 1.78. The molecule has 6 heteroatoms. The molecule has 0 spiro atoms. The normalized spacial score (nSPS) is 15.5. The van der Waals surface area contributed by atoms with Gasteiger partial charge in [-0.25, -0.2) is 4.79 Å². The number of rotatable bonds is 4. The van der Waals surface area contributed by atoms with Gasteiger partial charge >= 0.3 is 6.03 Å². The van der Waals surface area contributed by atoms with Crippen molar-refractivity contribution in [2.45, 2.75) is 38.6 Å². The van der Waals surface area contributed by atoms with Crippen molar-refractivity contribution in [2.75, 3.05) is 18.4 Å². The summed E-state index contributed by atoms with van der Waals surface area (Å²) in [6.07, 6.45) is 3.00. The number of hydrogen-bond donors (Lipinski definition) is 2. The summed E-state index contributed by atoms with van der Waals surface area (Å²) in [5.74, 6) is 0.101. The average molecular weight is 324 g/mol. The van der Waals surface area contributed by atoms with Crippen LogP contribution in [0.25, 0.3) is 0 Å². The van der Waals surface area contributed by atoms with Crippen molar-refractivity contribution in [2.24, 2.45) is 0 Å². The predicted molar refractivity (Wildman–Crippen MR) is 88.1 cm³/mol. The van der Waals surface area contributed by atoms with Crippen LogP contribution in [-0.2, 0) is 4.79 Å². The first-order chi connectivity index (χ1) is 10.6. The highest BCUT2D eigenvalue weighted by atomic mass is 35.5. The van der Waals surface area contributed by atoms with Gasteiger partial charge in [0.15, 0.2) is 0 Å². The molecule has 2 rings (SSSR count). The number of nitrogens with zero attached hydrogens (tertiary/aromatic N) is 1. The van der Waals surface area contributed by atoms with E-state index in [1.165, 1.54) is 0 Å². The number of amides is 3. The monoisotopic (exact) mass is 323 g/mol. The molecule has 0 aromatic heterocycles. The third kappa shape index (κ3) is 4.91. The molecule has 1 aliphatic heterocycles. The zero-order chi connectivity index (χ0) is 15.9. The second-order valence-corrected chi connectivity index (χ2v) is 5.96. The van der Waals surface area contributed by atoms with E-state index in [4.69, 9.17) is 11.6 Å². The van der Waals surface area contributed by atoms with Gasteiger partial charge in [0.1, 0.15) is 0 Å². The van der Waals surface area contributed by atoms with E-state index < -0.39 is 0 Å². The van der Waals surface area contributed by atoms with Crippen molar-refractivity contribution >= 4 is 29.2 Å². The number of hydrogen-bond acceptors (Lipinski definition) is 2. The van der Waals surface area contributed by atoms with Gasteiger partial charge in [0.25, 0.3) is 0 Å². The second kappa shape index (κ2) is 8.03. The predicted octanol–water partition coefficient (Wildman–Crippen LogP) is 3.25. The molecule has 2 N–H and O–H groups in total. The lowest BCUT2D eigenvalue weighted by atomic mass is 10.1. The SMILES string of the molecule is CCCC(=O)NC1CCN(C(=O)Nc2cccc(Cl)c2)CC1. The van der Waals surface area contributed by atoms with E-state index in [-0.39, 0.29) is 18.0 Å². The lowest BCUT2D eigenvalue weighted by Gasteiger charge is -2.32. The molecule has 1 aliphatic rings. The van der Waals surface area contributed by atoms with Crippen LogP contribution < -0.4 is 10.6 Å². The van der Waals surface area contributed by atoms with Crippen LogP contribution in [0.3, 0.4) is 0 Å². The summed E-state index contributed by atoms with van der Waals surface area (Å²) < 4.78 is 0. The van der Waals surface area contributed by atoms with Gasteiger partial charge in [0, 0.05) is 36.3 Å². The molecule has 1 fully saturated rings. The van der Waals surface area contributed by atoms with E-state index >= 15 is 0 Å². The molecule has 0 radical (unpaired) electrons. The Kier molecular flexibility index (Phi) is 6.07. The first-order valence-corrected chi connectivity index (χ1v) is 8.07. The van der Waals surface area contributed by atoms with Crippen LogP contribution in [-0.4, -0.2) is 36.0 Å². The van der Waals surface area contributed by atoms with Crippen LogP contribution in [0.1, 0.15) is 32.6 Å². The van der Waals surface area contributed by atoms with Crippen molar-refractivity contribution in [1.82, 2.24) is 10.2 Å². The maximum atomic E-state index is 12.2. The third-order valence-electron chi connectivity index (χ3n) is 3.70. The van der Waals surface area contributed by atoms with E-state index in [1.807, 2.05) is 13.0 Å². The molecular weight excluding hydrogens is 302 g/mol. The molecule has 3 amide bonds. The van der Waals surface area contributed by atoms with Crippen molar-refractivity contribution in [3.63, 3.8) is 0 Å². The summed E-state index contributed by atoms with van der Waals surface area (Å²) in [5.41, 5.74) is 0.691. The van der Waals surface area contributed by atoms with Gasteiger partial charge in [-0.1, -0.05) is 24.6 Å². The minimum atomic E-state index is -0.124. The summed E-state index contributed by atoms with van der Waals surface area (Å²) in [5, 5.41) is 6.46. The third-order valence-corrected chi connectivity index (χ3v) is 3.94. The number of benzene rings is 1. The molecule has 1 aromatic carbocycles. The fraction of sp³-hybridized carbons (Fsp3) is 0.500. The molecule has 22 heavy (non-hydrogen) atoms. The Morgan fingerprint density at radius 1 is 1.32 bits per heavy atom. The van der Waals surface area contributed by atoms with Gasteiger partial charge in [-0.15, -0.1) is 0 Å². The molecule has 0 atom stereocenters. The number of nitrogens with one attached hydrogen (secondary N) is 2. The van der Waals surface area contributed by atoms with Crippen LogP contribution >= 0.6 is 11.6 Å². The van der Waals surface area contributed by atoms with Crippen molar-refractivity contribution in [3.8, 4) is 0 Å². The lowest BCUT2D eigenvalue weighted by Crippen LogP contribution is -2.47. The van der Waals surface area contributed by atoms with E-state index in [1.54, 1.807) is 23.1 Å². The fourth-order valence-electron chi connectivity index (χ4n) is 2.52. The van der Waals surface area contributed by atoms with Gasteiger partial charge < -0.3 is 15.5 Å². The molecular formula is C16H22ClN3O2. The van der Waals surface area contributed by atoms with Crippen LogP contribution in [0.15, 0.2) is 24.3 Å². The minimum absolute atomic E-state index is 0.101. The van der Waals surface area contributed by atoms with Crippen molar-refractivity contribution in [3.05, 3.63) is 29.3 Å². The summed E-state index contributed by atoms with van der Waals surface area (Å²) >= 11 is 5.90. The lowest BCUT2D eigenvalue weighted by molar-refractivity contribution is -0.122. The molecule has 0 saturated carbocycles. The molecule has 0 aliphatic carbocycles. The number of likely N-dealkylation sites (tertiary alicyclic amines) is 1. The summed E-state index contributed by atoms with van der Waals surface area (Å²) in [6, 6.07) is 7.14. The standard InChI is InChI=1S/C16H22ClN3O2/c1-2-4-15(21)18-13-7-9-20(10-8-13)16(22)19-14-6-3-5-12(17)11-14/h3,5-6,11,13H,2,4,7-10H2,1H3,(H,18,21)(H,19,22). The Hall–Kier alpha value is -1.75. The zero-order valence-corrected chi connectivity index (χ0v) is 13.5. The van der Waals surface area contributed by atoms with Crippen LogP contribution in [0, 0.1) is 0 Å². The molecule has 1 aromatic rings. The first kappa shape index (κ1) is 16.6. The van der Waals surface area contributed by atoms with E-state index in [9.17, 15) is 9.59 Å². The van der Waals surface area contributed by atoms with Crippen LogP contribution in [0.5, 0.6) is 0 Å². The smallest absolute Gasteiger partial charge is 0.321 e. The molecule has 0 unspecified atom stereocenters. The molecule has 1 saturated heterocycles. The van der Waals surface area contributed by atoms with E-state index in [2.05, 4.69) is 10.6 Å². The number of urea groups is 1. The Labute approximate surface area is 136 Å². The second-order valence-electron chi connectivity index (χ2n) is 5.52. The number of piperidine rings is 1. The quantitative estimate of drug-likeness (QED) is 0.893. The number of carbonyl (C=O) groups is 2.